The monoisotopic (exact) mass is 541 g/mol. The van der Waals surface area contributed by atoms with Crippen molar-refractivity contribution in [3.8, 4) is 22.9 Å². The second-order valence-electron chi connectivity index (χ2n) is 9.08. The molecule has 0 aliphatic rings. The summed E-state index contributed by atoms with van der Waals surface area (Å²) in [6.45, 7) is 1.64. The van der Waals surface area contributed by atoms with Gasteiger partial charge in [-0.25, -0.2) is 4.79 Å². The number of para-hydroxylation sites is 1. The van der Waals surface area contributed by atoms with Crippen molar-refractivity contribution in [2.45, 2.75) is 26.4 Å². The summed E-state index contributed by atoms with van der Waals surface area (Å²) in [5.41, 5.74) is 1.54. The first-order chi connectivity index (χ1) is 19.4. The molecule has 3 aromatic carbocycles. The van der Waals surface area contributed by atoms with Crippen LogP contribution in [-0.2, 0) is 24.3 Å². The molecule has 0 fully saturated rings. The van der Waals surface area contributed by atoms with E-state index in [1.807, 2.05) is 31.2 Å². The summed E-state index contributed by atoms with van der Waals surface area (Å²) in [5, 5.41) is 7.09. The number of aromatic nitrogens is 4. The number of benzene rings is 3. The molecule has 0 unspecified atom stereocenters. The first-order valence-corrected chi connectivity index (χ1v) is 12.5. The zero-order valence-corrected chi connectivity index (χ0v) is 22.2. The highest BCUT2D eigenvalue weighted by Crippen LogP contribution is 2.29. The van der Waals surface area contributed by atoms with Gasteiger partial charge in [0.2, 0.25) is 17.6 Å². The van der Waals surface area contributed by atoms with Crippen molar-refractivity contribution in [2.24, 2.45) is 0 Å². The molecule has 0 saturated carbocycles. The molecule has 0 aliphatic heterocycles. The van der Waals surface area contributed by atoms with E-state index in [0.717, 1.165) is 15.7 Å². The van der Waals surface area contributed by atoms with E-state index >= 15 is 0 Å². The summed E-state index contributed by atoms with van der Waals surface area (Å²) in [4.78, 5) is 44.3. The number of aryl methyl sites for hydroxylation is 2. The third-order valence-corrected chi connectivity index (χ3v) is 6.44. The van der Waals surface area contributed by atoms with Gasteiger partial charge in [-0.05, 0) is 31.2 Å². The molecular formula is C29H27N5O6. The molecule has 11 heteroatoms. The zero-order chi connectivity index (χ0) is 28.2. The third-order valence-electron chi connectivity index (χ3n) is 6.44. The Balaban J connectivity index is 1.42. The maximum atomic E-state index is 13.5. The van der Waals surface area contributed by atoms with Gasteiger partial charge in [-0.2, -0.15) is 4.98 Å². The minimum Gasteiger partial charge on any atom is -0.497 e. The van der Waals surface area contributed by atoms with E-state index in [2.05, 4.69) is 15.5 Å². The van der Waals surface area contributed by atoms with Crippen LogP contribution in [0.1, 0.15) is 11.5 Å². The molecule has 1 N–H and O–H groups in total. The molecule has 40 heavy (non-hydrogen) atoms. The fourth-order valence-electron chi connectivity index (χ4n) is 4.35. The molecule has 5 rings (SSSR count). The average molecular weight is 542 g/mol. The Bertz CT molecular complexity index is 1800. The van der Waals surface area contributed by atoms with Crippen molar-refractivity contribution in [1.29, 1.82) is 0 Å². The van der Waals surface area contributed by atoms with Gasteiger partial charge in [0.25, 0.3) is 5.56 Å². The largest absolute Gasteiger partial charge is 0.497 e. The molecule has 0 radical (unpaired) electrons. The van der Waals surface area contributed by atoms with Crippen molar-refractivity contribution >= 4 is 22.5 Å². The molecule has 5 aromatic rings. The van der Waals surface area contributed by atoms with Crippen LogP contribution in [0.25, 0.3) is 22.3 Å². The quantitative estimate of drug-likeness (QED) is 0.300. The highest BCUT2D eigenvalue weighted by atomic mass is 16.5. The third kappa shape index (κ3) is 5.35. The first-order valence-electron chi connectivity index (χ1n) is 12.5. The van der Waals surface area contributed by atoms with Crippen molar-refractivity contribution < 1.29 is 18.8 Å². The Labute approximate surface area is 228 Å². The summed E-state index contributed by atoms with van der Waals surface area (Å²) in [5.74, 6) is 1.18. The Morgan fingerprint density at radius 2 is 1.75 bits per heavy atom. The minimum absolute atomic E-state index is 0.0106. The van der Waals surface area contributed by atoms with Crippen LogP contribution >= 0.6 is 0 Å². The maximum Gasteiger partial charge on any atom is 0.331 e. The summed E-state index contributed by atoms with van der Waals surface area (Å²) in [6.07, 6.45) is 0.152. The molecule has 2 aromatic heterocycles. The number of hydrogen-bond acceptors (Lipinski definition) is 8. The standard InChI is InChI=1S/C29H27N5O6/c1-18-8-10-19(11-9-18)27-31-26(40-32-27)14-15-33-28(36)21-6-4-5-7-23(21)34(29(33)37)17-25(35)30-22-16-20(38-2)12-13-24(22)39-3/h4-13,16H,14-15,17H2,1-3H3,(H,30,35). The molecule has 204 valence electrons. The normalized spacial score (nSPS) is 11.0. The molecule has 0 saturated heterocycles. The average Bonchev–Trinajstić information content (AvgIpc) is 3.44. The SMILES string of the molecule is COc1ccc(OC)c(NC(=O)Cn2c(=O)n(CCc3nc(-c4ccc(C)cc4)no3)c(=O)c3ccccc32)c1. The summed E-state index contributed by atoms with van der Waals surface area (Å²) in [7, 11) is 3.00. The number of carbonyl (C=O) groups is 1. The van der Waals surface area contributed by atoms with Gasteiger partial charge in [-0.1, -0.05) is 47.1 Å². The highest BCUT2D eigenvalue weighted by molar-refractivity contribution is 5.93. The summed E-state index contributed by atoms with van der Waals surface area (Å²) >= 11 is 0. The minimum atomic E-state index is -0.630. The number of nitrogens with zero attached hydrogens (tertiary/aromatic N) is 4. The van der Waals surface area contributed by atoms with E-state index in [1.54, 1.807) is 42.5 Å². The van der Waals surface area contributed by atoms with E-state index in [1.165, 1.54) is 18.8 Å². The number of nitrogens with one attached hydrogen (secondary N) is 1. The van der Waals surface area contributed by atoms with Crippen molar-refractivity contribution in [3.05, 3.63) is 99.0 Å². The lowest BCUT2D eigenvalue weighted by Gasteiger charge is -2.15. The predicted octanol–water partition coefficient (Wildman–Crippen LogP) is 3.42. The fourth-order valence-corrected chi connectivity index (χ4v) is 4.35. The molecule has 1 amide bonds. The molecule has 0 atom stereocenters. The number of amides is 1. The van der Waals surface area contributed by atoms with Crippen molar-refractivity contribution in [2.75, 3.05) is 19.5 Å². The van der Waals surface area contributed by atoms with Crippen molar-refractivity contribution in [3.63, 3.8) is 0 Å². The van der Waals surface area contributed by atoms with Gasteiger partial charge in [0.1, 0.15) is 18.0 Å². The second kappa shape index (κ2) is 11.3. The van der Waals surface area contributed by atoms with Gasteiger partial charge in [-0.15, -0.1) is 0 Å². The van der Waals surface area contributed by atoms with Crippen LogP contribution in [0, 0.1) is 6.92 Å². The van der Waals surface area contributed by atoms with Gasteiger partial charge in [-0.3, -0.25) is 18.7 Å². The molecule has 0 spiro atoms. The number of methoxy groups -OCH3 is 2. The Kier molecular flexibility index (Phi) is 7.45. The molecule has 2 heterocycles. The van der Waals surface area contributed by atoms with Gasteiger partial charge in [0, 0.05) is 24.6 Å². The smallest absolute Gasteiger partial charge is 0.331 e. The lowest BCUT2D eigenvalue weighted by Crippen LogP contribution is -2.42. The van der Waals surface area contributed by atoms with E-state index in [0.29, 0.717) is 33.9 Å². The fraction of sp³-hybridized carbons (Fsp3) is 0.207. The van der Waals surface area contributed by atoms with Crippen molar-refractivity contribution in [1.82, 2.24) is 19.3 Å². The lowest BCUT2D eigenvalue weighted by molar-refractivity contribution is -0.116. The van der Waals surface area contributed by atoms with Gasteiger partial charge < -0.3 is 19.3 Å². The van der Waals surface area contributed by atoms with Crippen LogP contribution in [0.3, 0.4) is 0 Å². The van der Waals surface area contributed by atoms with E-state index in [4.69, 9.17) is 14.0 Å². The number of fused-ring (bicyclic) bond motifs is 1. The van der Waals surface area contributed by atoms with Crippen LogP contribution in [0.2, 0.25) is 0 Å². The summed E-state index contributed by atoms with van der Waals surface area (Å²) in [6, 6.07) is 19.3. The molecule has 11 nitrogen and oxygen atoms in total. The first kappa shape index (κ1) is 26.4. The summed E-state index contributed by atoms with van der Waals surface area (Å²) < 4.78 is 18.3. The lowest BCUT2D eigenvalue weighted by atomic mass is 10.1. The van der Waals surface area contributed by atoms with Crippen LogP contribution in [0.4, 0.5) is 5.69 Å². The van der Waals surface area contributed by atoms with Crippen LogP contribution < -0.4 is 26.0 Å². The predicted molar refractivity (Wildman–Crippen MR) is 149 cm³/mol. The van der Waals surface area contributed by atoms with Gasteiger partial charge in [0.05, 0.1) is 30.8 Å². The van der Waals surface area contributed by atoms with Crippen LogP contribution in [0.5, 0.6) is 11.5 Å². The van der Waals surface area contributed by atoms with E-state index in [-0.39, 0.29) is 25.4 Å². The van der Waals surface area contributed by atoms with Crippen LogP contribution in [-0.4, -0.2) is 39.4 Å². The maximum absolute atomic E-state index is 13.5. The number of rotatable bonds is 9. The Morgan fingerprint density at radius 1 is 0.975 bits per heavy atom. The van der Waals surface area contributed by atoms with E-state index in [9.17, 15) is 14.4 Å². The number of carbonyl (C=O) groups excluding carboxylic acids is 1. The zero-order valence-electron chi connectivity index (χ0n) is 22.2. The number of anilines is 1. The van der Waals surface area contributed by atoms with Crippen LogP contribution in [0.15, 0.2) is 80.8 Å². The second-order valence-corrected chi connectivity index (χ2v) is 9.08. The molecular weight excluding hydrogens is 514 g/mol. The number of hydrogen-bond donors (Lipinski definition) is 1. The molecule has 0 bridgehead atoms. The topological polar surface area (TPSA) is 130 Å². The highest BCUT2D eigenvalue weighted by Gasteiger charge is 2.18. The van der Waals surface area contributed by atoms with Gasteiger partial charge in [0.15, 0.2) is 0 Å². The number of ether oxygens (including phenoxy) is 2. The Morgan fingerprint density at radius 3 is 2.50 bits per heavy atom. The Hall–Kier alpha value is -5.19. The molecule has 0 aliphatic carbocycles. The van der Waals surface area contributed by atoms with E-state index < -0.39 is 17.2 Å². The van der Waals surface area contributed by atoms with Gasteiger partial charge >= 0.3 is 5.69 Å².